The molecule has 0 bridgehead atoms. The minimum atomic E-state index is -1.07. The highest BCUT2D eigenvalue weighted by molar-refractivity contribution is 9.10. The van der Waals surface area contributed by atoms with Gasteiger partial charge in [0.15, 0.2) is 0 Å². The van der Waals surface area contributed by atoms with Crippen LogP contribution in [0.3, 0.4) is 0 Å². The van der Waals surface area contributed by atoms with Crippen molar-refractivity contribution in [1.29, 1.82) is 0 Å². The summed E-state index contributed by atoms with van der Waals surface area (Å²) in [6.07, 6.45) is 0.680. The van der Waals surface area contributed by atoms with Crippen LogP contribution in [0.15, 0.2) is 22.7 Å². The average Bonchev–Trinajstić information content (AvgIpc) is 2.43. The molecule has 2 N–H and O–H groups in total. The first kappa shape index (κ1) is 17.4. The van der Waals surface area contributed by atoms with Gasteiger partial charge in [-0.2, -0.15) is 11.8 Å². The van der Waals surface area contributed by atoms with Crippen molar-refractivity contribution in [1.82, 2.24) is 5.32 Å². The van der Waals surface area contributed by atoms with Gasteiger partial charge in [-0.15, -0.1) is 0 Å². The van der Waals surface area contributed by atoms with Crippen molar-refractivity contribution in [3.05, 3.63) is 38.3 Å². The van der Waals surface area contributed by atoms with Gasteiger partial charge >= 0.3 is 5.97 Å². The SMILES string of the molecule is O=CNC(CCSCc1ccc([N+](=O)[O-])cc1Br)C(=O)O. The summed E-state index contributed by atoms with van der Waals surface area (Å²) in [5, 5.41) is 21.7. The molecule has 1 rings (SSSR count). The number of amides is 1. The Labute approximate surface area is 133 Å². The lowest BCUT2D eigenvalue weighted by atomic mass is 10.2. The number of nitro groups is 1. The second kappa shape index (κ2) is 8.63. The molecule has 0 saturated heterocycles. The third kappa shape index (κ3) is 5.72. The van der Waals surface area contributed by atoms with Gasteiger partial charge in [0.25, 0.3) is 5.69 Å². The van der Waals surface area contributed by atoms with Gasteiger partial charge in [-0.3, -0.25) is 14.9 Å². The molecule has 0 spiro atoms. The van der Waals surface area contributed by atoms with Crippen molar-refractivity contribution in [2.24, 2.45) is 0 Å². The predicted octanol–water partition coefficient (Wildman–Crippen LogP) is 2.18. The largest absolute Gasteiger partial charge is 0.480 e. The number of carboxylic acid groups (broad SMARTS) is 1. The molecule has 1 atom stereocenters. The minimum Gasteiger partial charge on any atom is -0.480 e. The zero-order valence-electron chi connectivity index (χ0n) is 10.8. The number of thioether (sulfide) groups is 1. The summed E-state index contributed by atoms with van der Waals surface area (Å²) in [6, 6.07) is 3.63. The van der Waals surface area contributed by atoms with Crippen LogP contribution < -0.4 is 5.32 Å². The molecule has 0 aromatic heterocycles. The second-order valence-corrected chi connectivity index (χ2v) is 6.01. The topological polar surface area (TPSA) is 110 Å². The third-order valence-corrected chi connectivity index (χ3v) is 4.40. The molecule has 0 aliphatic heterocycles. The second-order valence-electron chi connectivity index (χ2n) is 4.05. The monoisotopic (exact) mass is 376 g/mol. The van der Waals surface area contributed by atoms with Gasteiger partial charge in [0, 0.05) is 22.4 Å². The maximum atomic E-state index is 10.8. The average molecular weight is 377 g/mol. The number of nitrogens with one attached hydrogen (secondary N) is 1. The van der Waals surface area contributed by atoms with E-state index in [1.54, 1.807) is 6.07 Å². The van der Waals surface area contributed by atoms with E-state index in [9.17, 15) is 19.7 Å². The van der Waals surface area contributed by atoms with Crippen molar-refractivity contribution >= 4 is 45.8 Å². The molecular formula is C12H13BrN2O5S. The molecule has 9 heteroatoms. The van der Waals surface area contributed by atoms with E-state index in [1.807, 2.05) is 0 Å². The molecule has 0 saturated carbocycles. The molecule has 21 heavy (non-hydrogen) atoms. The van der Waals surface area contributed by atoms with Crippen LogP contribution in [0.5, 0.6) is 0 Å². The van der Waals surface area contributed by atoms with Gasteiger partial charge in [-0.1, -0.05) is 22.0 Å². The van der Waals surface area contributed by atoms with Gasteiger partial charge in [0.05, 0.1) is 4.92 Å². The molecule has 1 unspecified atom stereocenters. The molecule has 114 valence electrons. The van der Waals surface area contributed by atoms with Crippen molar-refractivity contribution in [3.63, 3.8) is 0 Å². The van der Waals surface area contributed by atoms with E-state index in [1.165, 1.54) is 23.9 Å². The number of benzene rings is 1. The van der Waals surface area contributed by atoms with Crippen LogP contribution in [-0.4, -0.2) is 34.2 Å². The van der Waals surface area contributed by atoms with Crippen molar-refractivity contribution < 1.29 is 19.6 Å². The maximum Gasteiger partial charge on any atom is 0.326 e. The van der Waals surface area contributed by atoms with E-state index in [0.29, 0.717) is 28.8 Å². The number of carbonyl (C=O) groups is 2. The summed E-state index contributed by atoms with van der Waals surface area (Å²) < 4.78 is 0.644. The summed E-state index contributed by atoms with van der Waals surface area (Å²) in [5.74, 6) is 0.0620. The quantitative estimate of drug-likeness (QED) is 0.295. The lowest BCUT2D eigenvalue weighted by Crippen LogP contribution is -2.36. The standard InChI is InChI=1S/C12H13BrN2O5S/c13-10-5-9(15(19)20)2-1-8(10)6-21-4-3-11(12(17)18)14-7-16/h1-2,5,7,11H,3-4,6H2,(H,14,16)(H,17,18). The molecule has 0 aliphatic rings. The lowest BCUT2D eigenvalue weighted by molar-refractivity contribution is -0.384. The Morgan fingerprint density at radius 3 is 2.81 bits per heavy atom. The van der Waals surface area contributed by atoms with Gasteiger partial charge in [0.2, 0.25) is 6.41 Å². The van der Waals surface area contributed by atoms with Crippen LogP contribution >= 0.6 is 27.7 Å². The predicted molar refractivity (Wildman–Crippen MR) is 82.2 cm³/mol. The Hall–Kier alpha value is -1.61. The highest BCUT2D eigenvalue weighted by atomic mass is 79.9. The van der Waals surface area contributed by atoms with Crippen LogP contribution in [0, 0.1) is 10.1 Å². The number of nitro benzene ring substituents is 1. The van der Waals surface area contributed by atoms with E-state index in [0.717, 1.165) is 5.56 Å². The normalized spacial score (nSPS) is 11.7. The fourth-order valence-corrected chi connectivity index (χ4v) is 3.22. The molecule has 1 amide bonds. The van der Waals surface area contributed by atoms with Crippen LogP contribution in [0.2, 0.25) is 0 Å². The molecule has 0 fully saturated rings. The first-order valence-corrected chi connectivity index (χ1v) is 7.83. The molecule has 0 radical (unpaired) electrons. The van der Waals surface area contributed by atoms with Crippen LogP contribution in [0.1, 0.15) is 12.0 Å². The van der Waals surface area contributed by atoms with E-state index < -0.39 is 16.9 Å². The molecule has 0 heterocycles. The van der Waals surface area contributed by atoms with Crippen LogP contribution in [-0.2, 0) is 15.3 Å². The first-order valence-electron chi connectivity index (χ1n) is 5.88. The molecule has 1 aromatic rings. The number of carboxylic acids is 1. The highest BCUT2D eigenvalue weighted by Gasteiger charge is 2.15. The Bertz CT molecular complexity index is 540. The highest BCUT2D eigenvalue weighted by Crippen LogP contribution is 2.26. The summed E-state index contributed by atoms with van der Waals surface area (Å²) in [7, 11) is 0. The van der Waals surface area contributed by atoms with Crippen molar-refractivity contribution in [2.45, 2.75) is 18.2 Å². The molecular weight excluding hydrogens is 364 g/mol. The van der Waals surface area contributed by atoms with Gasteiger partial charge in [-0.05, 0) is 17.7 Å². The Kier molecular flexibility index (Phi) is 7.17. The van der Waals surface area contributed by atoms with E-state index >= 15 is 0 Å². The zero-order chi connectivity index (χ0) is 15.8. The fourth-order valence-electron chi connectivity index (χ4n) is 1.51. The fraction of sp³-hybridized carbons (Fsp3) is 0.333. The number of hydrogen-bond donors (Lipinski definition) is 2. The number of hydrogen-bond acceptors (Lipinski definition) is 5. The van der Waals surface area contributed by atoms with E-state index in [4.69, 9.17) is 5.11 Å². The number of nitrogens with zero attached hydrogens (tertiary/aromatic N) is 1. The molecule has 0 aliphatic carbocycles. The van der Waals surface area contributed by atoms with Gasteiger partial charge < -0.3 is 10.4 Å². The maximum absolute atomic E-state index is 10.8. The van der Waals surface area contributed by atoms with Crippen molar-refractivity contribution in [3.8, 4) is 0 Å². The van der Waals surface area contributed by atoms with E-state index in [2.05, 4.69) is 21.2 Å². The Balaban J connectivity index is 2.47. The molecule has 1 aromatic carbocycles. The third-order valence-electron chi connectivity index (χ3n) is 2.62. The Morgan fingerprint density at radius 1 is 1.57 bits per heavy atom. The number of rotatable bonds is 9. The number of halogens is 1. The summed E-state index contributed by atoms with van der Waals surface area (Å²) >= 11 is 4.76. The number of aliphatic carboxylic acids is 1. The molecule has 7 nitrogen and oxygen atoms in total. The van der Waals surface area contributed by atoms with Crippen LogP contribution in [0.25, 0.3) is 0 Å². The summed E-state index contributed by atoms with van der Waals surface area (Å²) in [4.78, 5) is 31.2. The van der Waals surface area contributed by atoms with Crippen molar-refractivity contribution in [2.75, 3.05) is 5.75 Å². The minimum absolute atomic E-state index is 0.0109. The first-order chi connectivity index (χ1) is 9.95. The number of non-ortho nitro benzene ring substituents is 1. The summed E-state index contributed by atoms with van der Waals surface area (Å²) in [6.45, 7) is 0. The smallest absolute Gasteiger partial charge is 0.326 e. The lowest BCUT2D eigenvalue weighted by Gasteiger charge is -2.10. The van der Waals surface area contributed by atoms with Crippen LogP contribution in [0.4, 0.5) is 5.69 Å². The summed E-state index contributed by atoms with van der Waals surface area (Å²) in [5.41, 5.74) is 0.901. The number of carbonyl (C=O) groups excluding carboxylic acids is 1. The zero-order valence-corrected chi connectivity index (χ0v) is 13.2. The Morgan fingerprint density at radius 2 is 2.29 bits per heavy atom. The van der Waals surface area contributed by atoms with Gasteiger partial charge in [0.1, 0.15) is 6.04 Å². The van der Waals surface area contributed by atoms with E-state index in [-0.39, 0.29) is 5.69 Å². The van der Waals surface area contributed by atoms with Gasteiger partial charge in [-0.25, -0.2) is 4.79 Å².